The lowest BCUT2D eigenvalue weighted by molar-refractivity contribution is -0.113. The molecule has 34 heavy (non-hydrogen) atoms. The molecule has 0 unspecified atom stereocenters. The number of hydrogen-bond acceptors (Lipinski definition) is 4. The van der Waals surface area contributed by atoms with Crippen molar-refractivity contribution in [1.29, 1.82) is 0 Å². The van der Waals surface area contributed by atoms with E-state index in [1.165, 1.54) is 5.39 Å². The highest BCUT2D eigenvalue weighted by Gasteiger charge is 2.36. The molecule has 1 saturated heterocycles. The number of benzene rings is 4. The third kappa shape index (κ3) is 4.75. The zero-order chi connectivity index (χ0) is 23.7. The number of carbonyl (C=O) groups excluding carboxylic acids is 2. The van der Waals surface area contributed by atoms with Crippen LogP contribution in [0.25, 0.3) is 16.8 Å². The molecule has 4 nitrogen and oxygen atoms in total. The Morgan fingerprint density at radius 1 is 0.912 bits per heavy atom. The van der Waals surface area contributed by atoms with Crippen LogP contribution in [0.2, 0.25) is 5.02 Å². The summed E-state index contributed by atoms with van der Waals surface area (Å²) in [6.45, 7) is 0.375. The van der Waals surface area contributed by atoms with Crippen LogP contribution in [0.4, 0.5) is 10.5 Å². The molecule has 0 aromatic heterocycles. The van der Waals surface area contributed by atoms with Crippen molar-refractivity contribution in [3.8, 4) is 5.75 Å². The Hall–Kier alpha value is -3.06. The van der Waals surface area contributed by atoms with Crippen LogP contribution in [-0.2, 0) is 11.4 Å². The fraction of sp³-hybridized carbons (Fsp3) is 0.0370. The summed E-state index contributed by atoms with van der Waals surface area (Å²) in [6, 6.07) is 26.6. The standard InChI is InChI=1S/C27H17BrClNO3S/c28-21-7-12-24(33-16-17-5-6-18-3-1-2-4-19(18)13-17)20(14-21)15-25-26(31)30(27(32)34-25)23-10-8-22(29)9-11-23/h1-15H,16H2/b25-15+. The molecule has 1 aliphatic heterocycles. The van der Waals surface area contributed by atoms with Crippen LogP contribution in [0.1, 0.15) is 11.1 Å². The van der Waals surface area contributed by atoms with Crippen molar-refractivity contribution in [3.05, 3.63) is 110 Å². The summed E-state index contributed by atoms with van der Waals surface area (Å²) >= 11 is 10.3. The first-order valence-electron chi connectivity index (χ1n) is 10.4. The number of amides is 2. The second kappa shape index (κ2) is 9.66. The van der Waals surface area contributed by atoms with E-state index in [-0.39, 0.29) is 11.1 Å². The molecule has 0 spiro atoms. The number of halogens is 2. The van der Waals surface area contributed by atoms with Crippen molar-refractivity contribution in [2.24, 2.45) is 0 Å². The van der Waals surface area contributed by atoms with Crippen LogP contribution >= 0.6 is 39.3 Å². The summed E-state index contributed by atoms with van der Waals surface area (Å²) in [4.78, 5) is 27.1. The molecule has 1 heterocycles. The fourth-order valence-corrected chi connectivity index (χ4v) is 5.01. The lowest BCUT2D eigenvalue weighted by Gasteiger charge is -2.12. The number of nitrogens with zero attached hydrogens (tertiary/aromatic N) is 1. The van der Waals surface area contributed by atoms with Gasteiger partial charge in [0.15, 0.2) is 0 Å². The third-order valence-corrected chi connectivity index (χ3v) is 6.96. The summed E-state index contributed by atoms with van der Waals surface area (Å²) in [5, 5.41) is 2.50. The molecule has 4 aromatic rings. The minimum atomic E-state index is -0.377. The summed E-state index contributed by atoms with van der Waals surface area (Å²) in [7, 11) is 0. The number of anilines is 1. The van der Waals surface area contributed by atoms with Gasteiger partial charge in [0.2, 0.25) is 0 Å². The first-order chi connectivity index (χ1) is 16.5. The van der Waals surface area contributed by atoms with Gasteiger partial charge in [-0.1, -0.05) is 63.9 Å². The van der Waals surface area contributed by atoms with Gasteiger partial charge in [-0.25, -0.2) is 4.90 Å². The van der Waals surface area contributed by atoms with Crippen molar-refractivity contribution in [1.82, 2.24) is 0 Å². The van der Waals surface area contributed by atoms with E-state index < -0.39 is 0 Å². The molecule has 1 aliphatic rings. The molecule has 1 fully saturated rings. The smallest absolute Gasteiger partial charge is 0.298 e. The molecule has 0 bridgehead atoms. The van der Waals surface area contributed by atoms with Crippen LogP contribution in [-0.4, -0.2) is 11.1 Å². The van der Waals surface area contributed by atoms with Gasteiger partial charge in [-0.05, 0) is 82.7 Å². The number of thioether (sulfide) groups is 1. The highest BCUT2D eigenvalue weighted by atomic mass is 79.9. The molecule has 0 radical (unpaired) electrons. The number of rotatable bonds is 5. The normalized spacial score (nSPS) is 14.9. The first-order valence-corrected chi connectivity index (χ1v) is 12.4. The zero-order valence-corrected chi connectivity index (χ0v) is 20.9. The van der Waals surface area contributed by atoms with Crippen molar-refractivity contribution in [3.63, 3.8) is 0 Å². The van der Waals surface area contributed by atoms with Crippen LogP contribution in [0.3, 0.4) is 0 Å². The third-order valence-electron chi connectivity index (χ3n) is 5.35. The van der Waals surface area contributed by atoms with E-state index in [1.54, 1.807) is 30.3 Å². The summed E-state index contributed by atoms with van der Waals surface area (Å²) in [5.41, 5.74) is 2.23. The van der Waals surface area contributed by atoms with Crippen molar-refractivity contribution >= 4 is 73.0 Å². The van der Waals surface area contributed by atoms with Gasteiger partial charge in [-0.15, -0.1) is 0 Å². The summed E-state index contributed by atoms with van der Waals surface area (Å²) in [6.07, 6.45) is 1.70. The Morgan fingerprint density at radius 3 is 2.47 bits per heavy atom. The maximum atomic E-state index is 13.0. The second-order valence-electron chi connectivity index (χ2n) is 7.65. The molecule has 7 heteroatoms. The monoisotopic (exact) mass is 549 g/mol. The van der Waals surface area contributed by atoms with Crippen LogP contribution in [0, 0.1) is 0 Å². The van der Waals surface area contributed by atoms with E-state index in [0.717, 1.165) is 32.1 Å². The van der Waals surface area contributed by atoms with Gasteiger partial charge in [0.25, 0.3) is 11.1 Å². The Morgan fingerprint density at radius 2 is 1.68 bits per heavy atom. The average Bonchev–Trinajstić information content (AvgIpc) is 3.11. The first kappa shape index (κ1) is 22.7. The molecule has 4 aromatic carbocycles. The lowest BCUT2D eigenvalue weighted by Crippen LogP contribution is -2.27. The quantitative estimate of drug-likeness (QED) is 0.236. The van der Waals surface area contributed by atoms with Gasteiger partial charge in [0.05, 0.1) is 10.6 Å². The predicted molar refractivity (Wildman–Crippen MR) is 142 cm³/mol. The minimum Gasteiger partial charge on any atom is -0.488 e. The van der Waals surface area contributed by atoms with Crippen molar-refractivity contribution in [2.75, 3.05) is 4.90 Å². The maximum absolute atomic E-state index is 13.0. The number of fused-ring (bicyclic) bond motifs is 1. The number of ether oxygens (including phenoxy) is 1. The second-order valence-corrected chi connectivity index (χ2v) is 9.99. The molecule has 2 amide bonds. The van der Waals surface area contributed by atoms with Crippen LogP contribution in [0.5, 0.6) is 5.75 Å². The maximum Gasteiger partial charge on any atom is 0.298 e. The number of hydrogen-bond donors (Lipinski definition) is 0. The average molecular weight is 551 g/mol. The summed E-state index contributed by atoms with van der Waals surface area (Å²) < 4.78 is 6.97. The Balaban J connectivity index is 1.40. The van der Waals surface area contributed by atoms with E-state index in [2.05, 4.69) is 40.2 Å². The Bertz CT molecular complexity index is 1450. The summed E-state index contributed by atoms with van der Waals surface area (Å²) in [5.74, 6) is 0.243. The van der Waals surface area contributed by atoms with E-state index >= 15 is 0 Å². The number of imide groups is 1. The van der Waals surface area contributed by atoms with Crippen molar-refractivity contribution in [2.45, 2.75) is 6.61 Å². The van der Waals surface area contributed by atoms with Gasteiger partial charge in [-0.3, -0.25) is 9.59 Å². The molecular formula is C27H17BrClNO3S. The molecular weight excluding hydrogens is 534 g/mol. The predicted octanol–water partition coefficient (Wildman–Crippen LogP) is 8.08. The largest absolute Gasteiger partial charge is 0.488 e. The highest BCUT2D eigenvalue weighted by molar-refractivity contribution is 9.10. The lowest BCUT2D eigenvalue weighted by atomic mass is 10.1. The Kier molecular flexibility index (Phi) is 6.46. The molecule has 0 N–H and O–H groups in total. The van der Waals surface area contributed by atoms with Gasteiger partial charge in [-0.2, -0.15) is 0 Å². The highest BCUT2D eigenvalue weighted by Crippen LogP contribution is 2.37. The SMILES string of the molecule is O=C1S/C(=C/c2cc(Br)ccc2OCc2ccc3ccccc3c2)C(=O)N1c1ccc(Cl)cc1. The van der Waals surface area contributed by atoms with Gasteiger partial charge in [0.1, 0.15) is 12.4 Å². The van der Waals surface area contributed by atoms with E-state index in [4.69, 9.17) is 16.3 Å². The zero-order valence-electron chi connectivity index (χ0n) is 17.7. The van der Waals surface area contributed by atoms with Crippen molar-refractivity contribution < 1.29 is 14.3 Å². The van der Waals surface area contributed by atoms with Gasteiger partial charge in [0, 0.05) is 15.1 Å². The Labute approximate surface area is 214 Å². The van der Waals surface area contributed by atoms with Gasteiger partial charge >= 0.3 is 0 Å². The van der Waals surface area contributed by atoms with Crippen LogP contribution in [0.15, 0.2) is 94.3 Å². The topological polar surface area (TPSA) is 46.6 Å². The molecule has 0 saturated carbocycles. The van der Waals surface area contributed by atoms with E-state index in [0.29, 0.717) is 33.5 Å². The molecule has 0 aliphatic carbocycles. The molecule has 5 rings (SSSR count). The number of carbonyl (C=O) groups is 2. The fourth-order valence-electron chi connectivity index (χ4n) is 3.67. The van der Waals surface area contributed by atoms with E-state index in [9.17, 15) is 9.59 Å². The van der Waals surface area contributed by atoms with Crippen LogP contribution < -0.4 is 9.64 Å². The van der Waals surface area contributed by atoms with Gasteiger partial charge < -0.3 is 4.74 Å². The van der Waals surface area contributed by atoms with E-state index in [1.807, 2.05) is 36.4 Å². The molecule has 0 atom stereocenters. The molecule has 168 valence electrons. The minimum absolute atomic E-state index is 0.327.